The summed E-state index contributed by atoms with van der Waals surface area (Å²) >= 11 is 0. The summed E-state index contributed by atoms with van der Waals surface area (Å²) in [5, 5.41) is 3.14. The summed E-state index contributed by atoms with van der Waals surface area (Å²) < 4.78 is 23.1. The van der Waals surface area contributed by atoms with Crippen molar-refractivity contribution in [1.82, 2.24) is 9.88 Å². The van der Waals surface area contributed by atoms with Gasteiger partial charge in [-0.3, -0.25) is 4.79 Å². The number of aromatic nitrogens is 1. The van der Waals surface area contributed by atoms with Crippen LogP contribution in [0.2, 0.25) is 0 Å². The van der Waals surface area contributed by atoms with Crippen molar-refractivity contribution in [2.24, 2.45) is 0 Å². The Bertz CT molecular complexity index is 598. The van der Waals surface area contributed by atoms with Crippen LogP contribution in [-0.4, -0.2) is 54.8 Å². The van der Waals surface area contributed by atoms with E-state index < -0.39 is 9.84 Å². The van der Waals surface area contributed by atoms with E-state index in [1.54, 1.807) is 24.0 Å². The first-order valence-corrected chi connectivity index (χ1v) is 8.96. The molecule has 6 nitrogen and oxygen atoms in total. The Morgan fingerprint density at radius 1 is 1.48 bits per heavy atom. The van der Waals surface area contributed by atoms with Crippen molar-refractivity contribution in [3.05, 3.63) is 23.9 Å². The smallest absolute Gasteiger partial charge is 0.255 e. The molecule has 1 fully saturated rings. The fourth-order valence-corrected chi connectivity index (χ4v) is 3.90. The van der Waals surface area contributed by atoms with E-state index >= 15 is 0 Å². The molecule has 1 atom stereocenters. The average Bonchev–Trinajstić information content (AvgIpc) is 2.44. The Labute approximate surface area is 125 Å². The minimum Gasteiger partial charge on any atom is -0.370 e. The van der Waals surface area contributed by atoms with Crippen LogP contribution < -0.4 is 5.32 Å². The van der Waals surface area contributed by atoms with E-state index in [0.717, 1.165) is 18.8 Å². The van der Waals surface area contributed by atoms with Gasteiger partial charge in [0, 0.05) is 25.3 Å². The number of carbonyl (C=O) groups excluding carboxylic acids is 1. The van der Waals surface area contributed by atoms with Gasteiger partial charge in [-0.2, -0.15) is 0 Å². The molecule has 0 bridgehead atoms. The first-order chi connectivity index (χ1) is 9.93. The van der Waals surface area contributed by atoms with E-state index in [2.05, 4.69) is 17.2 Å². The number of hydrogen-bond acceptors (Lipinski definition) is 5. The predicted octanol–water partition coefficient (Wildman–Crippen LogP) is 1.16. The Hall–Kier alpha value is -1.63. The van der Waals surface area contributed by atoms with Crippen molar-refractivity contribution in [3.63, 3.8) is 0 Å². The zero-order valence-corrected chi connectivity index (χ0v) is 13.2. The van der Waals surface area contributed by atoms with E-state index in [-0.39, 0.29) is 30.0 Å². The van der Waals surface area contributed by atoms with Gasteiger partial charge in [0.15, 0.2) is 9.84 Å². The third kappa shape index (κ3) is 3.93. The van der Waals surface area contributed by atoms with Crippen molar-refractivity contribution in [3.8, 4) is 0 Å². The van der Waals surface area contributed by atoms with Crippen LogP contribution in [0.25, 0.3) is 0 Å². The minimum atomic E-state index is -3.02. The molecule has 0 radical (unpaired) electrons. The largest absolute Gasteiger partial charge is 0.370 e. The molecule has 0 aromatic carbocycles. The number of sulfone groups is 1. The zero-order chi connectivity index (χ0) is 15.5. The van der Waals surface area contributed by atoms with E-state index in [4.69, 9.17) is 0 Å². The highest BCUT2D eigenvalue weighted by Gasteiger charge is 2.31. The molecule has 1 amide bonds. The highest BCUT2D eigenvalue weighted by Crippen LogP contribution is 2.16. The molecule has 2 rings (SSSR count). The van der Waals surface area contributed by atoms with Gasteiger partial charge in [-0.05, 0) is 25.5 Å². The lowest BCUT2D eigenvalue weighted by atomic mass is 10.2. The second kappa shape index (κ2) is 6.43. The predicted molar refractivity (Wildman–Crippen MR) is 82.2 cm³/mol. The topological polar surface area (TPSA) is 79.4 Å². The van der Waals surface area contributed by atoms with Crippen molar-refractivity contribution in [1.29, 1.82) is 0 Å². The molecule has 2 heterocycles. The third-order valence-electron chi connectivity index (χ3n) is 3.50. The lowest BCUT2D eigenvalue weighted by molar-refractivity contribution is 0.0712. The molecular formula is C14H21N3O3S. The Morgan fingerprint density at radius 3 is 2.81 bits per heavy atom. The number of hydrogen-bond donors (Lipinski definition) is 1. The number of rotatable bonds is 4. The van der Waals surface area contributed by atoms with Gasteiger partial charge in [0.25, 0.3) is 5.91 Å². The number of pyridine rings is 1. The zero-order valence-electron chi connectivity index (χ0n) is 12.4. The minimum absolute atomic E-state index is 0.0301. The molecule has 1 aliphatic rings. The van der Waals surface area contributed by atoms with Gasteiger partial charge in [-0.15, -0.1) is 0 Å². The first-order valence-electron chi connectivity index (χ1n) is 7.14. The Morgan fingerprint density at radius 2 is 2.24 bits per heavy atom. The number of carbonyl (C=O) groups is 1. The monoisotopic (exact) mass is 311 g/mol. The molecule has 1 saturated heterocycles. The summed E-state index contributed by atoms with van der Waals surface area (Å²) in [7, 11) is -3.02. The Kier molecular flexibility index (Phi) is 4.82. The van der Waals surface area contributed by atoms with Gasteiger partial charge >= 0.3 is 0 Å². The van der Waals surface area contributed by atoms with Gasteiger partial charge in [0.05, 0.1) is 17.1 Å². The lowest BCUT2D eigenvalue weighted by Crippen LogP contribution is -2.49. The normalized spacial score (nSPS) is 21.0. The molecule has 1 unspecified atom stereocenters. The quantitative estimate of drug-likeness (QED) is 0.903. The fraction of sp³-hybridized carbons (Fsp3) is 0.571. The maximum absolute atomic E-state index is 12.4. The summed E-state index contributed by atoms with van der Waals surface area (Å²) in [5.74, 6) is 0.643. The molecule has 0 spiro atoms. The van der Waals surface area contributed by atoms with Gasteiger partial charge in [0.1, 0.15) is 5.82 Å². The molecule has 116 valence electrons. The van der Waals surface area contributed by atoms with Gasteiger partial charge < -0.3 is 10.2 Å². The second-order valence-corrected chi connectivity index (χ2v) is 7.55. The van der Waals surface area contributed by atoms with E-state index in [1.807, 2.05) is 0 Å². The standard InChI is InChI=1S/C14H21N3O3S/c1-3-6-15-13-5-4-12(9-16-13)14(18)17-7-8-21(19,20)10-11(17)2/h4-5,9,11H,3,6-8,10H2,1-2H3,(H,15,16). The van der Waals surface area contributed by atoms with Crippen LogP contribution in [0.1, 0.15) is 30.6 Å². The van der Waals surface area contributed by atoms with Crippen LogP contribution in [0.5, 0.6) is 0 Å². The van der Waals surface area contributed by atoms with Crippen molar-refractivity contribution in [2.45, 2.75) is 26.3 Å². The molecule has 7 heteroatoms. The van der Waals surface area contributed by atoms with Crippen molar-refractivity contribution in [2.75, 3.05) is 29.9 Å². The summed E-state index contributed by atoms with van der Waals surface area (Å²) in [6.07, 6.45) is 2.54. The fourth-order valence-electron chi connectivity index (χ4n) is 2.34. The molecule has 0 saturated carbocycles. The second-order valence-electron chi connectivity index (χ2n) is 5.32. The van der Waals surface area contributed by atoms with Gasteiger partial charge in [-0.1, -0.05) is 6.92 Å². The van der Waals surface area contributed by atoms with Crippen molar-refractivity contribution >= 4 is 21.6 Å². The summed E-state index contributed by atoms with van der Waals surface area (Å²) in [4.78, 5) is 18.2. The lowest BCUT2D eigenvalue weighted by Gasteiger charge is -2.33. The van der Waals surface area contributed by atoms with Crippen molar-refractivity contribution < 1.29 is 13.2 Å². The van der Waals surface area contributed by atoms with E-state index in [9.17, 15) is 13.2 Å². The van der Waals surface area contributed by atoms with Gasteiger partial charge in [0.2, 0.25) is 0 Å². The number of anilines is 1. The molecule has 1 aromatic heterocycles. The van der Waals surface area contributed by atoms with Gasteiger partial charge in [-0.25, -0.2) is 13.4 Å². The third-order valence-corrected chi connectivity index (χ3v) is 5.29. The summed E-state index contributed by atoms with van der Waals surface area (Å²) in [6, 6.07) is 3.20. The number of nitrogens with one attached hydrogen (secondary N) is 1. The Balaban J connectivity index is 2.06. The van der Waals surface area contributed by atoms with E-state index in [0.29, 0.717) is 5.56 Å². The average molecular weight is 311 g/mol. The molecule has 21 heavy (non-hydrogen) atoms. The van der Waals surface area contributed by atoms with Crippen LogP contribution in [0.4, 0.5) is 5.82 Å². The van der Waals surface area contributed by atoms with Crippen LogP contribution >= 0.6 is 0 Å². The molecule has 0 aliphatic carbocycles. The maximum Gasteiger partial charge on any atom is 0.255 e. The number of nitrogens with zero attached hydrogens (tertiary/aromatic N) is 2. The van der Waals surface area contributed by atoms with Crippen LogP contribution in [0, 0.1) is 0 Å². The first kappa shape index (κ1) is 15.8. The maximum atomic E-state index is 12.4. The number of amides is 1. The summed E-state index contributed by atoms with van der Waals surface area (Å²) in [6.45, 7) is 4.91. The molecular weight excluding hydrogens is 290 g/mol. The highest BCUT2D eigenvalue weighted by atomic mass is 32.2. The van der Waals surface area contributed by atoms with Crippen LogP contribution in [0.15, 0.2) is 18.3 Å². The summed E-state index contributed by atoms with van der Waals surface area (Å²) in [5.41, 5.74) is 0.489. The highest BCUT2D eigenvalue weighted by molar-refractivity contribution is 7.91. The SMILES string of the molecule is CCCNc1ccc(C(=O)N2CCS(=O)(=O)CC2C)cn1. The molecule has 1 N–H and O–H groups in total. The van der Waals surface area contributed by atoms with E-state index in [1.165, 1.54) is 6.20 Å². The molecule has 1 aromatic rings. The van der Waals surface area contributed by atoms with Crippen LogP contribution in [0.3, 0.4) is 0 Å². The van der Waals surface area contributed by atoms with Crippen LogP contribution in [-0.2, 0) is 9.84 Å². The molecule has 1 aliphatic heterocycles.